The molecule has 0 aliphatic heterocycles. The van der Waals surface area contributed by atoms with Crippen LogP contribution in [0.25, 0.3) is 0 Å². The zero-order valence-electron chi connectivity index (χ0n) is 11.5. The number of hydrogen-bond donors (Lipinski definition) is 1. The molecule has 4 nitrogen and oxygen atoms in total. The topological polar surface area (TPSA) is 63.1 Å². The summed E-state index contributed by atoms with van der Waals surface area (Å²) in [6.45, 7) is 3.88. The predicted molar refractivity (Wildman–Crippen MR) is 78.8 cm³/mol. The van der Waals surface area contributed by atoms with E-state index in [9.17, 15) is 4.79 Å². The molecule has 20 heavy (non-hydrogen) atoms. The van der Waals surface area contributed by atoms with Gasteiger partial charge in [-0.2, -0.15) is 0 Å². The van der Waals surface area contributed by atoms with Gasteiger partial charge < -0.3 is 5.11 Å². The molecule has 0 aliphatic rings. The second-order valence-corrected chi connectivity index (χ2v) is 5.50. The van der Waals surface area contributed by atoms with E-state index in [-0.39, 0.29) is 6.42 Å². The molecule has 2 rings (SSSR count). The number of thioether (sulfide) groups is 1. The molecule has 1 aromatic heterocycles. The fraction of sp³-hybridized carbons (Fsp3) is 0.267. The van der Waals surface area contributed by atoms with Gasteiger partial charge in [-0.3, -0.25) is 4.79 Å². The fourth-order valence-corrected chi connectivity index (χ4v) is 2.92. The molecule has 0 saturated heterocycles. The Morgan fingerprint density at radius 1 is 1.15 bits per heavy atom. The number of aromatic nitrogens is 2. The largest absolute Gasteiger partial charge is 0.481 e. The smallest absolute Gasteiger partial charge is 0.307 e. The summed E-state index contributed by atoms with van der Waals surface area (Å²) in [6, 6.07) is 9.52. The van der Waals surface area contributed by atoms with Crippen LogP contribution in [-0.2, 0) is 17.0 Å². The van der Waals surface area contributed by atoms with Crippen LogP contribution in [0.4, 0.5) is 0 Å². The molecule has 0 aliphatic carbocycles. The summed E-state index contributed by atoms with van der Waals surface area (Å²) in [5.41, 5.74) is 3.75. The molecular formula is C15H16N2O2S. The van der Waals surface area contributed by atoms with E-state index in [1.54, 1.807) is 0 Å². The van der Waals surface area contributed by atoms with Gasteiger partial charge in [0.05, 0.1) is 6.42 Å². The third-order valence-electron chi connectivity index (χ3n) is 2.78. The van der Waals surface area contributed by atoms with Crippen molar-refractivity contribution < 1.29 is 9.90 Å². The first kappa shape index (κ1) is 14.5. The van der Waals surface area contributed by atoms with Gasteiger partial charge in [-0.25, -0.2) is 9.97 Å². The molecular weight excluding hydrogens is 272 g/mol. The molecule has 5 heteroatoms. The van der Waals surface area contributed by atoms with Gasteiger partial charge in [0.15, 0.2) is 5.16 Å². The third-order valence-corrected chi connectivity index (χ3v) is 3.67. The van der Waals surface area contributed by atoms with Crippen molar-refractivity contribution in [1.82, 2.24) is 9.97 Å². The summed E-state index contributed by atoms with van der Waals surface area (Å²) in [6.07, 6.45) is 0.0461. The SMILES string of the molecule is Cc1cc(C)nc(SCc2ccccc2CC(=O)O)n1. The van der Waals surface area contributed by atoms with Crippen molar-refractivity contribution in [3.8, 4) is 0 Å². The minimum absolute atomic E-state index is 0.0461. The van der Waals surface area contributed by atoms with Gasteiger partial charge in [0, 0.05) is 17.1 Å². The molecule has 104 valence electrons. The quantitative estimate of drug-likeness (QED) is 0.677. The van der Waals surface area contributed by atoms with Gasteiger partial charge in [0.1, 0.15) is 0 Å². The van der Waals surface area contributed by atoms with Gasteiger partial charge >= 0.3 is 5.97 Å². The summed E-state index contributed by atoms with van der Waals surface area (Å²) < 4.78 is 0. The summed E-state index contributed by atoms with van der Waals surface area (Å²) in [4.78, 5) is 19.6. The molecule has 0 amide bonds. The molecule has 0 saturated carbocycles. The first-order valence-corrected chi connectivity index (χ1v) is 7.27. The average molecular weight is 288 g/mol. The molecule has 1 aromatic carbocycles. The van der Waals surface area contributed by atoms with E-state index < -0.39 is 5.97 Å². The molecule has 0 spiro atoms. The van der Waals surface area contributed by atoms with Crippen LogP contribution in [0.2, 0.25) is 0 Å². The van der Waals surface area contributed by atoms with Crippen LogP contribution >= 0.6 is 11.8 Å². The van der Waals surface area contributed by atoms with Crippen LogP contribution in [0.5, 0.6) is 0 Å². The maximum absolute atomic E-state index is 10.9. The molecule has 0 unspecified atom stereocenters. The van der Waals surface area contributed by atoms with Gasteiger partial charge in [-0.05, 0) is 31.0 Å². The molecule has 1 heterocycles. The Hall–Kier alpha value is -1.88. The van der Waals surface area contributed by atoms with Gasteiger partial charge in [0.2, 0.25) is 0 Å². The van der Waals surface area contributed by atoms with Gasteiger partial charge in [-0.15, -0.1) is 0 Å². The van der Waals surface area contributed by atoms with E-state index >= 15 is 0 Å². The second kappa shape index (κ2) is 6.52. The van der Waals surface area contributed by atoms with Crippen LogP contribution in [-0.4, -0.2) is 21.0 Å². The van der Waals surface area contributed by atoms with Crippen LogP contribution in [0.3, 0.4) is 0 Å². The molecule has 0 bridgehead atoms. The minimum Gasteiger partial charge on any atom is -0.481 e. The zero-order valence-corrected chi connectivity index (χ0v) is 12.3. The maximum atomic E-state index is 10.9. The normalized spacial score (nSPS) is 10.5. The Balaban J connectivity index is 2.12. The number of aliphatic carboxylic acids is 1. The number of aryl methyl sites for hydroxylation is 2. The number of carboxylic acids is 1. The number of hydrogen-bond acceptors (Lipinski definition) is 4. The monoisotopic (exact) mass is 288 g/mol. The molecule has 0 atom stereocenters. The Morgan fingerprint density at radius 2 is 1.75 bits per heavy atom. The number of benzene rings is 1. The second-order valence-electron chi connectivity index (χ2n) is 4.56. The lowest BCUT2D eigenvalue weighted by atomic mass is 10.1. The molecule has 0 fully saturated rings. The van der Waals surface area contributed by atoms with Crippen LogP contribution in [0.1, 0.15) is 22.5 Å². The van der Waals surface area contributed by atoms with Crippen molar-refractivity contribution in [1.29, 1.82) is 0 Å². The summed E-state index contributed by atoms with van der Waals surface area (Å²) in [5, 5.41) is 9.65. The van der Waals surface area contributed by atoms with Crippen molar-refractivity contribution in [2.45, 2.75) is 31.2 Å². The Morgan fingerprint density at radius 3 is 2.35 bits per heavy atom. The van der Waals surface area contributed by atoms with E-state index in [0.717, 1.165) is 27.7 Å². The number of carbonyl (C=O) groups is 1. The lowest BCUT2D eigenvalue weighted by Gasteiger charge is -2.07. The van der Waals surface area contributed by atoms with Crippen molar-refractivity contribution in [3.63, 3.8) is 0 Å². The zero-order chi connectivity index (χ0) is 14.5. The van der Waals surface area contributed by atoms with Gasteiger partial charge in [0.25, 0.3) is 0 Å². The Kier molecular flexibility index (Phi) is 4.74. The molecule has 1 N–H and O–H groups in total. The van der Waals surface area contributed by atoms with E-state index in [1.165, 1.54) is 11.8 Å². The van der Waals surface area contributed by atoms with E-state index in [1.807, 2.05) is 44.2 Å². The van der Waals surface area contributed by atoms with Crippen molar-refractivity contribution in [3.05, 3.63) is 52.8 Å². The fourth-order valence-electron chi connectivity index (χ4n) is 1.93. The Bertz CT molecular complexity index is 609. The average Bonchev–Trinajstić information content (AvgIpc) is 2.36. The third kappa shape index (κ3) is 4.06. The van der Waals surface area contributed by atoms with Crippen molar-refractivity contribution in [2.24, 2.45) is 0 Å². The van der Waals surface area contributed by atoms with E-state index in [0.29, 0.717) is 5.75 Å². The highest BCUT2D eigenvalue weighted by Crippen LogP contribution is 2.22. The number of nitrogens with zero attached hydrogens (tertiary/aromatic N) is 2. The lowest BCUT2D eigenvalue weighted by molar-refractivity contribution is -0.136. The maximum Gasteiger partial charge on any atom is 0.307 e. The van der Waals surface area contributed by atoms with E-state index in [4.69, 9.17) is 5.11 Å². The van der Waals surface area contributed by atoms with Crippen molar-refractivity contribution >= 4 is 17.7 Å². The highest BCUT2D eigenvalue weighted by atomic mass is 32.2. The number of carboxylic acid groups (broad SMARTS) is 1. The van der Waals surface area contributed by atoms with Crippen LogP contribution in [0, 0.1) is 13.8 Å². The summed E-state index contributed by atoms with van der Waals surface area (Å²) >= 11 is 1.53. The summed E-state index contributed by atoms with van der Waals surface area (Å²) in [7, 11) is 0. The van der Waals surface area contributed by atoms with Crippen LogP contribution < -0.4 is 0 Å². The van der Waals surface area contributed by atoms with Gasteiger partial charge in [-0.1, -0.05) is 36.0 Å². The highest BCUT2D eigenvalue weighted by Gasteiger charge is 2.08. The molecule has 0 radical (unpaired) electrons. The first-order valence-electron chi connectivity index (χ1n) is 6.28. The highest BCUT2D eigenvalue weighted by molar-refractivity contribution is 7.98. The lowest BCUT2D eigenvalue weighted by Crippen LogP contribution is -2.03. The standard InChI is InChI=1S/C15H16N2O2S/c1-10-7-11(2)17-15(16-10)20-9-13-6-4-3-5-12(13)8-14(18)19/h3-7H,8-9H2,1-2H3,(H,18,19). The summed E-state index contributed by atoms with van der Waals surface area (Å²) in [5.74, 6) is -0.142. The minimum atomic E-state index is -0.815. The van der Waals surface area contributed by atoms with Crippen LogP contribution in [0.15, 0.2) is 35.5 Å². The predicted octanol–water partition coefficient (Wildman–Crippen LogP) is 3.01. The first-order chi connectivity index (χ1) is 9.54. The Labute approximate surface area is 122 Å². The molecule has 2 aromatic rings. The van der Waals surface area contributed by atoms with Crippen molar-refractivity contribution in [2.75, 3.05) is 0 Å². The number of rotatable bonds is 5. The van der Waals surface area contributed by atoms with E-state index in [2.05, 4.69) is 9.97 Å².